The van der Waals surface area contributed by atoms with Crippen molar-refractivity contribution < 1.29 is 13.2 Å². The number of hydrogen-bond donors (Lipinski definition) is 1. The maximum atomic E-state index is 11.9. The normalized spacial score (nSPS) is 20.1. The van der Waals surface area contributed by atoms with E-state index in [0.717, 1.165) is 4.47 Å². The van der Waals surface area contributed by atoms with Gasteiger partial charge in [0.2, 0.25) is 0 Å². The highest BCUT2D eigenvalue weighted by Gasteiger charge is 2.25. The second-order valence-electron chi connectivity index (χ2n) is 4.00. The Morgan fingerprint density at radius 2 is 2.06 bits per heavy atom. The van der Waals surface area contributed by atoms with E-state index in [2.05, 4.69) is 21.2 Å². The van der Waals surface area contributed by atoms with E-state index >= 15 is 0 Å². The monoisotopic (exact) mass is 337 g/mol. The summed E-state index contributed by atoms with van der Waals surface area (Å²) < 4.78 is 23.3. The van der Waals surface area contributed by atoms with E-state index < -0.39 is 9.84 Å². The van der Waals surface area contributed by atoms with Gasteiger partial charge in [0.15, 0.2) is 0 Å². The molecule has 0 saturated carbocycles. The first-order chi connectivity index (χ1) is 7.98. The van der Waals surface area contributed by atoms with Crippen LogP contribution in [0, 0.1) is 0 Å². The highest BCUT2D eigenvalue weighted by atomic mass is 79.9. The first-order valence-electron chi connectivity index (χ1n) is 5.22. The summed E-state index contributed by atoms with van der Waals surface area (Å²) in [5.74, 6) is 0.212. The third kappa shape index (κ3) is 3.29. The number of halogens is 1. The molecule has 0 aliphatic carbocycles. The third-order valence-electron chi connectivity index (χ3n) is 2.71. The second-order valence-corrected chi connectivity index (χ2v) is 8.07. The van der Waals surface area contributed by atoms with Gasteiger partial charge in [0.25, 0.3) is 5.91 Å². The maximum Gasteiger partial charge on any atom is 0.262 e. The number of rotatable bonds is 2. The van der Waals surface area contributed by atoms with Crippen LogP contribution in [0.4, 0.5) is 0 Å². The van der Waals surface area contributed by atoms with Crippen molar-refractivity contribution in [1.82, 2.24) is 5.32 Å². The van der Waals surface area contributed by atoms with Crippen LogP contribution in [0.3, 0.4) is 0 Å². The van der Waals surface area contributed by atoms with Crippen LogP contribution in [-0.4, -0.2) is 31.9 Å². The van der Waals surface area contributed by atoms with Gasteiger partial charge in [-0.2, -0.15) is 0 Å². The summed E-state index contributed by atoms with van der Waals surface area (Å²) in [7, 11) is -2.87. The first kappa shape index (κ1) is 13.0. The zero-order valence-corrected chi connectivity index (χ0v) is 12.2. The van der Waals surface area contributed by atoms with Crippen LogP contribution in [-0.2, 0) is 9.84 Å². The zero-order chi connectivity index (χ0) is 12.5. The fourth-order valence-corrected chi connectivity index (χ4v) is 4.69. The quantitative estimate of drug-likeness (QED) is 0.895. The fourth-order valence-electron chi connectivity index (χ4n) is 1.74. The highest BCUT2D eigenvalue weighted by Crippen LogP contribution is 2.23. The third-order valence-corrected chi connectivity index (χ3v) is 6.27. The number of nitrogens with one attached hydrogen (secondary N) is 1. The minimum atomic E-state index is -2.87. The molecule has 0 atom stereocenters. The van der Waals surface area contributed by atoms with E-state index in [-0.39, 0.29) is 23.5 Å². The Bertz CT molecular complexity index is 509. The van der Waals surface area contributed by atoms with Gasteiger partial charge >= 0.3 is 0 Å². The summed E-state index contributed by atoms with van der Waals surface area (Å²) in [6, 6.07) is 1.80. The molecule has 0 bridgehead atoms. The Morgan fingerprint density at radius 1 is 1.41 bits per heavy atom. The van der Waals surface area contributed by atoms with E-state index in [4.69, 9.17) is 0 Å². The van der Waals surface area contributed by atoms with Gasteiger partial charge in [0, 0.05) is 10.5 Å². The van der Waals surface area contributed by atoms with Gasteiger partial charge in [0.1, 0.15) is 14.7 Å². The molecule has 1 aliphatic heterocycles. The van der Waals surface area contributed by atoms with E-state index in [1.165, 1.54) is 11.3 Å². The lowest BCUT2D eigenvalue weighted by Crippen LogP contribution is -2.40. The van der Waals surface area contributed by atoms with Crippen molar-refractivity contribution in [2.75, 3.05) is 11.5 Å². The topological polar surface area (TPSA) is 63.2 Å². The van der Waals surface area contributed by atoms with Gasteiger partial charge in [-0.15, -0.1) is 11.3 Å². The van der Waals surface area contributed by atoms with Gasteiger partial charge < -0.3 is 5.32 Å². The number of carbonyl (C=O) groups is 1. The lowest BCUT2D eigenvalue weighted by Gasteiger charge is -2.22. The van der Waals surface area contributed by atoms with Crippen molar-refractivity contribution in [3.63, 3.8) is 0 Å². The van der Waals surface area contributed by atoms with Crippen LogP contribution in [0.25, 0.3) is 0 Å². The Hall–Kier alpha value is -0.400. The van der Waals surface area contributed by atoms with E-state index in [9.17, 15) is 13.2 Å². The predicted molar refractivity (Wildman–Crippen MR) is 71.2 cm³/mol. The van der Waals surface area contributed by atoms with Gasteiger partial charge in [-0.05, 0) is 40.2 Å². The van der Waals surface area contributed by atoms with Crippen LogP contribution in [0.1, 0.15) is 22.5 Å². The summed E-state index contributed by atoms with van der Waals surface area (Å²) in [4.78, 5) is 12.5. The van der Waals surface area contributed by atoms with Crippen LogP contribution < -0.4 is 5.32 Å². The number of hydrogen-bond acceptors (Lipinski definition) is 4. The molecule has 0 unspecified atom stereocenters. The van der Waals surface area contributed by atoms with Crippen molar-refractivity contribution in [3.05, 3.63) is 20.8 Å². The van der Waals surface area contributed by atoms with Crippen LogP contribution in [0.15, 0.2) is 15.9 Å². The molecule has 1 fully saturated rings. The van der Waals surface area contributed by atoms with Gasteiger partial charge in [0.05, 0.1) is 11.5 Å². The Labute approximate surface area is 112 Å². The fraction of sp³-hybridized carbons (Fsp3) is 0.500. The molecule has 0 radical (unpaired) electrons. The van der Waals surface area contributed by atoms with E-state index in [1.54, 1.807) is 0 Å². The zero-order valence-electron chi connectivity index (χ0n) is 8.98. The van der Waals surface area contributed by atoms with Crippen LogP contribution >= 0.6 is 27.3 Å². The van der Waals surface area contributed by atoms with Gasteiger partial charge in [-0.25, -0.2) is 8.42 Å². The van der Waals surface area contributed by atoms with Crippen LogP contribution in [0.5, 0.6) is 0 Å². The van der Waals surface area contributed by atoms with Crippen molar-refractivity contribution in [1.29, 1.82) is 0 Å². The van der Waals surface area contributed by atoms with Crippen molar-refractivity contribution in [2.24, 2.45) is 0 Å². The number of sulfone groups is 1. The lowest BCUT2D eigenvalue weighted by molar-refractivity contribution is 0.0937. The second kappa shape index (κ2) is 5.07. The Balaban J connectivity index is 1.95. The highest BCUT2D eigenvalue weighted by molar-refractivity contribution is 9.10. The Morgan fingerprint density at radius 3 is 2.59 bits per heavy atom. The molecule has 2 heterocycles. The maximum absolute atomic E-state index is 11.9. The summed E-state index contributed by atoms with van der Waals surface area (Å²) in [6.45, 7) is 0. The number of carbonyl (C=O) groups excluding carboxylic acids is 1. The molecule has 0 spiro atoms. The molecule has 1 aromatic rings. The smallest absolute Gasteiger partial charge is 0.262 e. The molecule has 17 heavy (non-hydrogen) atoms. The Kier molecular flexibility index (Phi) is 3.89. The van der Waals surface area contributed by atoms with E-state index in [0.29, 0.717) is 17.7 Å². The minimum absolute atomic E-state index is 0.0278. The summed E-state index contributed by atoms with van der Waals surface area (Å²) in [5.41, 5.74) is 0. The molecule has 94 valence electrons. The average molecular weight is 338 g/mol. The summed E-state index contributed by atoms with van der Waals surface area (Å²) in [6.07, 6.45) is 1.02. The largest absolute Gasteiger partial charge is 0.349 e. The SMILES string of the molecule is O=C(NC1CCS(=O)(=O)CC1)c1sccc1Br. The lowest BCUT2D eigenvalue weighted by atomic mass is 10.1. The molecular formula is C10H12BrNO3S2. The summed E-state index contributed by atoms with van der Waals surface area (Å²) >= 11 is 4.67. The van der Waals surface area contributed by atoms with Crippen molar-refractivity contribution in [2.45, 2.75) is 18.9 Å². The van der Waals surface area contributed by atoms with E-state index in [1.807, 2.05) is 11.4 Å². The molecule has 1 N–H and O–H groups in total. The first-order valence-corrected chi connectivity index (χ1v) is 8.71. The molecule has 2 rings (SSSR count). The van der Waals surface area contributed by atoms with Crippen molar-refractivity contribution >= 4 is 43.0 Å². The number of thiophene rings is 1. The molecule has 1 amide bonds. The molecule has 1 saturated heterocycles. The molecule has 4 nitrogen and oxygen atoms in total. The van der Waals surface area contributed by atoms with Gasteiger partial charge in [-0.3, -0.25) is 4.79 Å². The summed E-state index contributed by atoms with van der Waals surface area (Å²) in [5, 5.41) is 4.71. The molecular weight excluding hydrogens is 326 g/mol. The molecule has 1 aromatic heterocycles. The van der Waals surface area contributed by atoms with Crippen LogP contribution in [0.2, 0.25) is 0 Å². The minimum Gasteiger partial charge on any atom is -0.349 e. The van der Waals surface area contributed by atoms with Gasteiger partial charge in [-0.1, -0.05) is 0 Å². The molecule has 1 aliphatic rings. The van der Waals surface area contributed by atoms with Crippen molar-refractivity contribution in [3.8, 4) is 0 Å². The average Bonchev–Trinajstić information content (AvgIpc) is 2.68. The standard InChI is InChI=1S/C10H12BrNO3S2/c11-8-1-4-16-9(8)10(13)12-7-2-5-17(14,15)6-3-7/h1,4,7H,2-3,5-6H2,(H,12,13). The molecule has 7 heteroatoms. The predicted octanol–water partition coefficient (Wildman–Crippen LogP) is 1.82. The number of amides is 1. The molecule has 0 aromatic carbocycles.